The van der Waals surface area contributed by atoms with E-state index in [2.05, 4.69) is 0 Å². The van der Waals surface area contributed by atoms with Crippen molar-refractivity contribution in [1.29, 1.82) is 0 Å². The Labute approximate surface area is 120 Å². The molecule has 0 saturated carbocycles. The van der Waals surface area contributed by atoms with Gasteiger partial charge >= 0.3 is 0 Å². The highest BCUT2D eigenvalue weighted by atomic mass is 32.2. The third-order valence-corrected chi connectivity index (χ3v) is 3.47. The molecule has 3 nitrogen and oxygen atoms in total. The van der Waals surface area contributed by atoms with Crippen LogP contribution in [0.5, 0.6) is 5.75 Å². The Morgan fingerprint density at radius 1 is 0.950 bits per heavy atom. The summed E-state index contributed by atoms with van der Waals surface area (Å²) < 4.78 is 35.5. The van der Waals surface area contributed by atoms with Gasteiger partial charge in [0, 0.05) is 0 Å². The summed E-state index contributed by atoms with van der Waals surface area (Å²) in [4.78, 5) is 0.517. The highest BCUT2D eigenvalue weighted by Gasteiger charge is 2.11. The topological polar surface area (TPSA) is 35.5 Å². The molecule has 0 fully saturated rings. The highest BCUT2D eigenvalue weighted by molar-refractivity contribution is 7.80. The third-order valence-electron chi connectivity index (χ3n) is 2.47. The fraction of sp³-hybridized carbons (Fsp3) is 0.200. The molecule has 20 heavy (non-hydrogen) atoms. The van der Waals surface area contributed by atoms with Gasteiger partial charge in [0.25, 0.3) is 0 Å². The van der Waals surface area contributed by atoms with Gasteiger partial charge in [-0.15, -0.1) is 0 Å². The van der Waals surface area contributed by atoms with Crippen LogP contribution in [-0.2, 0) is 15.3 Å². The predicted octanol–water partition coefficient (Wildman–Crippen LogP) is 3.14. The van der Waals surface area contributed by atoms with Crippen LogP contribution in [0.25, 0.3) is 0 Å². The zero-order valence-corrected chi connectivity index (χ0v) is 11.6. The minimum atomic E-state index is -1.65. The molecule has 2 unspecified atom stereocenters. The summed E-state index contributed by atoms with van der Waals surface area (Å²) in [5.74, 6) is 0.597. The molecule has 106 valence electrons. The van der Waals surface area contributed by atoms with Gasteiger partial charge in [-0.25, -0.2) is 8.60 Å². The molecule has 2 aromatic rings. The fourth-order valence-corrected chi connectivity index (χ4v) is 2.27. The van der Waals surface area contributed by atoms with E-state index in [0.717, 1.165) is 0 Å². The predicted molar refractivity (Wildman–Crippen MR) is 75.6 cm³/mol. The van der Waals surface area contributed by atoms with Crippen molar-refractivity contribution in [3.05, 3.63) is 60.7 Å². The molecular weight excluding hydrogens is 279 g/mol. The van der Waals surface area contributed by atoms with Crippen LogP contribution >= 0.6 is 0 Å². The van der Waals surface area contributed by atoms with E-state index >= 15 is 0 Å². The molecule has 2 aromatic carbocycles. The van der Waals surface area contributed by atoms with Gasteiger partial charge in [-0.3, -0.25) is 4.18 Å². The summed E-state index contributed by atoms with van der Waals surface area (Å²) in [5.41, 5.74) is 0. The van der Waals surface area contributed by atoms with Crippen molar-refractivity contribution in [2.24, 2.45) is 0 Å². The van der Waals surface area contributed by atoms with E-state index in [4.69, 9.17) is 8.92 Å². The maximum absolute atomic E-state index is 13.6. The van der Waals surface area contributed by atoms with E-state index in [-0.39, 0.29) is 13.2 Å². The number of halogens is 1. The molecule has 0 aliphatic carbocycles. The number of alkyl halides is 1. The van der Waals surface area contributed by atoms with Gasteiger partial charge in [0.05, 0.1) is 11.5 Å². The number of benzene rings is 2. The van der Waals surface area contributed by atoms with E-state index in [1.807, 2.05) is 24.3 Å². The molecule has 0 spiro atoms. The SMILES string of the molecule is O=S(OCC(F)COc1ccccc1)c1ccccc1. The van der Waals surface area contributed by atoms with Crippen molar-refractivity contribution < 1.29 is 17.5 Å². The normalized spacial score (nSPS) is 13.7. The molecule has 0 aromatic heterocycles. The maximum atomic E-state index is 13.6. The van der Waals surface area contributed by atoms with Gasteiger partial charge in [-0.05, 0) is 24.3 Å². The summed E-state index contributed by atoms with van der Waals surface area (Å²) in [6.45, 7) is -0.398. The van der Waals surface area contributed by atoms with E-state index < -0.39 is 17.3 Å². The van der Waals surface area contributed by atoms with Crippen molar-refractivity contribution in [1.82, 2.24) is 0 Å². The van der Waals surface area contributed by atoms with Crippen LogP contribution in [0.1, 0.15) is 0 Å². The van der Waals surface area contributed by atoms with Gasteiger partial charge in [0.1, 0.15) is 12.4 Å². The number of hydrogen-bond acceptors (Lipinski definition) is 3. The van der Waals surface area contributed by atoms with Crippen LogP contribution in [0.3, 0.4) is 0 Å². The van der Waals surface area contributed by atoms with E-state index in [0.29, 0.717) is 10.6 Å². The maximum Gasteiger partial charge on any atom is 0.189 e. The number of hydrogen-bond donors (Lipinski definition) is 0. The summed E-state index contributed by atoms with van der Waals surface area (Å²) in [6, 6.07) is 17.6. The minimum absolute atomic E-state index is 0.129. The van der Waals surface area contributed by atoms with Crippen LogP contribution in [0.15, 0.2) is 65.6 Å². The number of rotatable bonds is 7. The van der Waals surface area contributed by atoms with Crippen LogP contribution in [-0.4, -0.2) is 23.6 Å². The van der Waals surface area contributed by atoms with Crippen LogP contribution in [0.2, 0.25) is 0 Å². The van der Waals surface area contributed by atoms with E-state index in [1.54, 1.807) is 36.4 Å². The number of ether oxygens (including phenoxy) is 1. The lowest BCUT2D eigenvalue weighted by atomic mass is 10.3. The fourth-order valence-electron chi connectivity index (χ4n) is 1.49. The smallest absolute Gasteiger partial charge is 0.189 e. The molecule has 2 atom stereocenters. The standard InChI is InChI=1S/C15H15FO3S/c16-13(11-18-14-7-3-1-4-8-14)12-19-20(17)15-9-5-2-6-10-15/h1-10,13H,11-12H2. The molecule has 5 heteroatoms. The van der Waals surface area contributed by atoms with E-state index in [9.17, 15) is 8.60 Å². The first-order valence-electron chi connectivity index (χ1n) is 6.18. The molecular formula is C15H15FO3S. The van der Waals surface area contributed by atoms with Crippen LogP contribution in [0.4, 0.5) is 4.39 Å². The van der Waals surface area contributed by atoms with Crippen molar-refractivity contribution >= 4 is 11.1 Å². The Balaban J connectivity index is 1.73. The Morgan fingerprint density at radius 3 is 2.20 bits per heavy atom. The molecule has 0 amide bonds. The summed E-state index contributed by atoms with van der Waals surface area (Å²) >= 11 is -1.65. The van der Waals surface area contributed by atoms with Crippen molar-refractivity contribution in [3.8, 4) is 5.75 Å². The lowest BCUT2D eigenvalue weighted by molar-refractivity contribution is 0.142. The van der Waals surface area contributed by atoms with Crippen molar-refractivity contribution in [2.45, 2.75) is 11.1 Å². The molecule has 0 heterocycles. The average Bonchev–Trinajstić information content (AvgIpc) is 2.52. The average molecular weight is 294 g/mol. The Kier molecular flexibility index (Phi) is 5.70. The van der Waals surface area contributed by atoms with Crippen LogP contribution in [0, 0.1) is 0 Å². The monoisotopic (exact) mass is 294 g/mol. The first-order valence-corrected chi connectivity index (χ1v) is 7.25. The first kappa shape index (κ1) is 14.7. The zero-order valence-electron chi connectivity index (χ0n) is 10.8. The summed E-state index contributed by atoms with van der Waals surface area (Å²) in [5, 5.41) is 0. The van der Waals surface area contributed by atoms with Gasteiger partial charge < -0.3 is 4.74 Å². The van der Waals surface area contributed by atoms with Gasteiger partial charge in [0.15, 0.2) is 17.3 Å². The van der Waals surface area contributed by atoms with Gasteiger partial charge in [0.2, 0.25) is 0 Å². The van der Waals surface area contributed by atoms with E-state index in [1.165, 1.54) is 0 Å². The Morgan fingerprint density at radius 2 is 1.55 bits per heavy atom. The molecule has 0 aliphatic heterocycles. The first-order chi connectivity index (χ1) is 9.75. The molecule has 0 aliphatic rings. The van der Waals surface area contributed by atoms with Gasteiger partial charge in [-0.2, -0.15) is 0 Å². The van der Waals surface area contributed by atoms with Gasteiger partial charge in [-0.1, -0.05) is 36.4 Å². The quantitative estimate of drug-likeness (QED) is 0.787. The van der Waals surface area contributed by atoms with Crippen molar-refractivity contribution in [2.75, 3.05) is 13.2 Å². The number of para-hydroxylation sites is 1. The third kappa shape index (κ3) is 4.75. The molecule has 2 rings (SSSR count). The summed E-state index contributed by atoms with van der Waals surface area (Å²) in [6.07, 6.45) is -1.33. The largest absolute Gasteiger partial charge is 0.490 e. The van der Waals surface area contributed by atoms with Crippen LogP contribution < -0.4 is 4.74 Å². The zero-order chi connectivity index (χ0) is 14.2. The second-order valence-electron chi connectivity index (χ2n) is 4.05. The minimum Gasteiger partial charge on any atom is -0.490 e. The Hall–Kier alpha value is -1.72. The lowest BCUT2D eigenvalue weighted by Crippen LogP contribution is -2.19. The molecule has 0 bridgehead atoms. The summed E-state index contributed by atoms with van der Waals surface area (Å²) in [7, 11) is 0. The Bertz CT molecular complexity index is 533. The van der Waals surface area contributed by atoms with Crippen molar-refractivity contribution in [3.63, 3.8) is 0 Å². The highest BCUT2D eigenvalue weighted by Crippen LogP contribution is 2.11. The second-order valence-corrected chi connectivity index (χ2v) is 5.23. The second kappa shape index (κ2) is 7.77. The molecule has 0 N–H and O–H groups in total. The molecule has 0 radical (unpaired) electrons. The molecule has 0 saturated heterocycles. The lowest BCUT2D eigenvalue weighted by Gasteiger charge is -2.10.